The summed E-state index contributed by atoms with van der Waals surface area (Å²) in [5, 5.41) is 0. The van der Waals surface area contributed by atoms with Crippen LogP contribution in [0.2, 0.25) is 0 Å². The van der Waals surface area contributed by atoms with Gasteiger partial charge in [-0.05, 0) is 67.4 Å². The smallest absolute Gasteiger partial charge is 0.338 e. The predicted octanol–water partition coefficient (Wildman–Crippen LogP) is 4.52. The van der Waals surface area contributed by atoms with E-state index in [4.69, 9.17) is 18.9 Å². The zero-order valence-corrected chi connectivity index (χ0v) is 24.3. The van der Waals surface area contributed by atoms with E-state index in [0.29, 0.717) is 32.1 Å². The third-order valence-corrected chi connectivity index (χ3v) is 7.39. The average Bonchev–Trinajstić information content (AvgIpc) is 3.27. The molecule has 0 N–H and O–H groups in total. The Kier molecular flexibility index (Phi) is 8.35. The standard InChI is InChI=1S/C32H28N2O7S/c1-5-39-31(37)28-19(2)33-32-34(29(28)22-14-15-25(40-20(3)35)26(18-22)38-4)30(36)27(42-32)17-21-10-9-13-24(16-21)41-23-11-7-6-8-12-23/h6-18,29H,5H2,1-4H3/b27-17-/t29-/m1/s1. The molecule has 9 nitrogen and oxygen atoms in total. The number of ether oxygens (including phenoxy) is 4. The van der Waals surface area contributed by atoms with Crippen LogP contribution in [0, 0.1) is 0 Å². The number of esters is 2. The van der Waals surface area contributed by atoms with Crippen molar-refractivity contribution in [3.8, 4) is 23.0 Å². The van der Waals surface area contributed by atoms with Crippen LogP contribution in [-0.2, 0) is 14.3 Å². The first-order valence-electron chi connectivity index (χ1n) is 13.2. The van der Waals surface area contributed by atoms with Crippen LogP contribution < -0.4 is 29.1 Å². The number of carbonyl (C=O) groups excluding carboxylic acids is 2. The first kappa shape index (κ1) is 28.6. The van der Waals surface area contributed by atoms with Crippen LogP contribution in [0.5, 0.6) is 23.0 Å². The molecule has 0 saturated heterocycles. The van der Waals surface area contributed by atoms with Crippen molar-refractivity contribution in [1.29, 1.82) is 0 Å². The molecule has 0 radical (unpaired) electrons. The molecule has 1 aliphatic rings. The number of aromatic nitrogens is 1. The van der Waals surface area contributed by atoms with Gasteiger partial charge in [-0.25, -0.2) is 9.79 Å². The molecular formula is C32H28N2O7S. The number of fused-ring (bicyclic) bond motifs is 1. The number of hydrogen-bond acceptors (Lipinski definition) is 9. The normalized spacial score (nSPS) is 14.6. The molecular weight excluding hydrogens is 556 g/mol. The molecule has 42 heavy (non-hydrogen) atoms. The molecule has 0 bridgehead atoms. The van der Waals surface area contributed by atoms with Crippen LogP contribution in [0.15, 0.2) is 93.9 Å². The Labute approximate surface area is 245 Å². The lowest BCUT2D eigenvalue weighted by Crippen LogP contribution is -2.40. The van der Waals surface area contributed by atoms with Crippen molar-refractivity contribution in [3.05, 3.63) is 115 Å². The summed E-state index contributed by atoms with van der Waals surface area (Å²) in [7, 11) is 1.44. The molecule has 3 aromatic carbocycles. The molecule has 1 atom stereocenters. The van der Waals surface area contributed by atoms with Gasteiger partial charge in [-0.2, -0.15) is 0 Å². The second-order valence-corrected chi connectivity index (χ2v) is 10.3. The fraction of sp³-hybridized carbons (Fsp3) is 0.188. The molecule has 0 unspecified atom stereocenters. The van der Waals surface area contributed by atoms with E-state index in [1.165, 1.54) is 29.9 Å². The second-order valence-electron chi connectivity index (χ2n) is 9.29. The summed E-state index contributed by atoms with van der Waals surface area (Å²) in [6.45, 7) is 4.87. The maximum atomic E-state index is 14.0. The van der Waals surface area contributed by atoms with Crippen molar-refractivity contribution in [2.75, 3.05) is 13.7 Å². The van der Waals surface area contributed by atoms with Gasteiger partial charge in [-0.15, -0.1) is 0 Å². The van der Waals surface area contributed by atoms with E-state index in [0.717, 1.165) is 5.56 Å². The van der Waals surface area contributed by atoms with Gasteiger partial charge in [0.25, 0.3) is 5.56 Å². The summed E-state index contributed by atoms with van der Waals surface area (Å²) in [6.07, 6.45) is 1.77. The van der Waals surface area contributed by atoms with Crippen LogP contribution >= 0.6 is 11.3 Å². The highest BCUT2D eigenvalue weighted by atomic mass is 32.1. The lowest BCUT2D eigenvalue weighted by molar-refractivity contribution is -0.139. The first-order chi connectivity index (χ1) is 20.3. The molecule has 5 rings (SSSR count). The van der Waals surface area contributed by atoms with Crippen molar-refractivity contribution in [2.24, 2.45) is 4.99 Å². The van der Waals surface area contributed by atoms with Crippen LogP contribution in [0.1, 0.15) is 37.9 Å². The molecule has 4 aromatic rings. The molecule has 214 valence electrons. The number of carbonyl (C=O) groups is 2. The Bertz CT molecular complexity index is 1870. The van der Waals surface area contributed by atoms with Gasteiger partial charge in [-0.3, -0.25) is 14.2 Å². The fourth-order valence-corrected chi connectivity index (χ4v) is 5.69. The maximum Gasteiger partial charge on any atom is 0.338 e. The van der Waals surface area contributed by atoms with Gasteiger partial charge < -0.3 is 18.9 Å². The van der Waals surface area contributed by atoms with Gasteiger partial charge in [0, 0.05) is 6.92 Å². The summed E-state index contributed by atoms with van der Waals surface area (Å²) < 4.78 is 24.0. The molecule has 1 aromatic heterocycles. The molecule has 0 aliphatic carbocycles. The average molecular weight is 585 g/mol. The molecule has 10 heteroatoms. The lowest BCUT2D eigenvalue weighted by Gasteiger charge is -2.25. The third-order valence-electron chi connectivity index (χ3n) is 6.41. The highest BCUT2D eigenvalue weighted by Crippen LogP contribution is 2.36. The van der Waals surface area contributed by atoms with Crippen LogP contribution in [0.25, 0.3) is 6.08 Å². The molecule has 2 heterocycles. The Morgan fingerprint density at radius 1 is 1.00 bits per heavy atom. The summed E-state index contributed by atoms with van der Waals surface area (Å²) in [4.78, 5) is 43.8. The lowest BCUT2D eigenvalue weighted by atomic mass is 9.95. The topological polar surface area (TPSA) is 105 Å². The van der Waals surface area contributed by atoms with Gasteiger partial charge in [0.1, 0.15) is 11.5 Å². The van der Waals surface area contributed by atoms with E-state index in [2.05, 4.69) is 4.99 Å². The summed E-state index contributed by atoms with van der Waals surface area (Å²) in [6, 6.07) is 20.9. The van der Waals surface area contributed by atoms with Gasteiger partial charge in [0.15, 0.2) is 16.3 Å². The number of nitrogens with zero attached hydrogens (tertiary/aromatic N) is 2. The number of thiazole rings is 1. The number of hydrogen-bond donors (Lipinski definition) is 0. The van der Waals surface area contributed by atoms with E-state index in [1.54, 1.807) is 38.1 Å². The molecule has 0 spiro atoms. The van der Waals surface area contributed by atoms with Crippen molar-refractivity contribution < 1.29 is 28.5 Å². The Morgan fingerprint density at radius 3 is 2.48 bits per heavy atom. The molecule has 0 fully saturated rings. The van der Waals surface area contributed by atoms with E-state index >= 15 is 0 Å². The maximum absolute atomic E-state index is 14.0. The monoisotopic (exact) mass is 584 g/mol. The Balaban J connectivity index is 1.63. The van der Waals surface area contributed by atoms with E-state index in [9.17, 15) is 14.4 Å². The van der Waals surface area contributed by atoms with Gasteiger partial charge in [0.05, 0.1) is 35.6 Å². The van der Waals surface area contributed by atoms with E-state index in [1.807, 2.05) is 54.6 Å². The largest absolute Gasteiger partial charge is 0.493 e. The number of para-hydroxylation sites is 1. The Morgan fingerprint density at radius 2 is 1.76 bits per heavy atom. The van der Waals surface area contributed by atoms with Crippen LogP contribution in [-0.4, -0.2) is 30.2 Å². The van der Waals surface area contributed by atoms with Crippen LogP contribution in [0.4, 0.5) is 0 Å². The number of rotatable bonds is 8. The zero-order chi connectivity index (χ0) is 29.8. The summed E-state index contributed by atoms with van der Waals surface area (Å²) in [5.74, 6) is 0.740. The van der Waals surface area contributed by atoms with Crippen molar-refractivity contribution in [3.63, 3.8) is 0 Å². The van der Waals surface area contributed by atoms with Crippen molar-refractivity contribution in [1.82, 2.24) is 4.57 Å². The molecule has 1 aliphatic heterocycles. The van der Waals surface area contributed by atoms with Gasteiger partial charge in [-0.1, -0.05) is 47.7 Å². The van der Waals surface area contributed by atoms with Crippen molar-refractivity contribution >= 4 is 29.4 Å². The highest BCUT2D eigenvalue weighted by Gasteiger charge is 2.34. The predicted molar refractivity (Wildman–Crippen MR) is 158 cm³/mol. The van der Waals surface area contributed by atoms with Crippen LogP contribution in [0.3, 0.4) is 0 Å². The van der Waals surface area contributed by atoms with E-state index in [-0.39, 0.29) is 29.2 Å². The summed E-state index contributed by atoms with van der Waals surface area (Å²) in [5.41, 5.74) is 1.67. The number of methoxy groups -OCH3 is 1. The summed E-state index contributed by atoms with van der Waals surface area (Å²) >= 11 is 1.22. The first-order valence-corrected chi connectivity index (χ1v) is 14.0. The quantitative estimate of drug-likeness (QED) is 0.221. The zero-order valence-electron chi connectivity index (χ0n) is 23.5. The Hall–Kier alpha value is -4.96. The van der Waals surface area contributed by atoms with Gasteiger partial charge >= 0.3 is 11.9 Å². The molecule has 0 amide bonds. The van der Waals surface area contributed by atoms with Gasteiger partial charge in [0.2, 0.25) is 0 Å². The minimum atomic E-state index is -0.851. The van der Waals surface area contributed by atoms with E-state index < -0.39 is 18.0 Å². The van der Waals surface area contributed by atoms with Crippen molar-refractivity contribution in [2.45, 2.75) is 26.8 Å². The molecule has 0 saturated carbocycles. The highest BCUT2D eigenvalue weighted by molar-refractivity contribution is 7.07. The third kappa shape index (κ3) is 5.89. The SMILES string of the molecule is CCOC(=O)C1=C(C)N=c2s/c(=C\c3cccc(Oc4ccccc4)c3)c(=O)n2[C@@H]1c1ccc(OC(C)=O)c(OC)c1. The minimum absolute atomic E-state index is 0.156. The number of benzene rings is 3. The number of allylic oxidation sites excluding steroid dienone is 1. The second kappa shape index (κ2) is 12.3. The minimum Gasteiger partial charge on any atom is -0.493 e. The fourth-order valence-electron chi connectivity index (χ4n) is 4.64.